The van der Waals surface area contributed by atoms with Crippen molar-refractivity contribution in [2.45, 2.75) is 38.8 Å². The highest BCUT2D eigenvalue weighted by molar-refractivity contribution is 7.18. The molecule has 36 heavy (non-hydrogen) atoms. The molecule has 3 aromatic rings. The van der Waals surface area contributed by atoms with Gasteiger partial charge in [0.2, 0.25) is 0 Å². The molecule has 1 atom stereocenters. The number of hydrogen-bond donors (Lipinski definition) is 1. The standard InChI is InChI=1S/C25H25ClFN3O5S/c1-25(2,3)35-24(33)30-9-7-17(31)16(12-30)28-23(32)20-19(14-6-5-13(27)11-18(14)34-4)21-15(8-10-36-21)22(26)29-20/h5-6,8,10-11,16H,7,9,12H2,1-4H3,(H,28,32)/t16-/m0/s1. The SMILES string of the molecule is COc1cc(F)ccc1-c1c(C(=O)N[C@H]2CN(C(=O)OC(C)(C)C)CCC2=O)nc(Cl)c2ccsc12. The number of carbonyl (C=O) groups is 3. The molecule has 1 aliphatic heterocycles. The highest BCUT2D eigenvalue weighted by Gasteiger charge is 2.34. The van der Waals surface area contributed by atoms with E-state index in [2.05, 4.69) is 10.3 Å². The molecule has 1 saturated heterocycles. The number of pyridine rings is 1. The van der Waals surface area contributed by atoms with E-state index < -0.39 is 29.5 Å². The predicted molar refractivity (Wildman–Crippen MR) is 135 cm³/mol. The number of nitrogens with zero attached hydrogens (tertiary/aromatic N) is 2. The molecular formula is C25H25ClFN3O5S. The molecule has 190 valence electrons. The van der Waals surface area contributed by atoms with Gasteiger partial charge in [-0.1, -0.05) is 11.6 Å². The number of aromatic nitrogens is 1. The maximum atomic E-state index is 13.9. The van der Waals surface area contributed by atoms with Crippen LogP contribution in [0.1, 0.15) is 37.7 Å². The minimum Gasteiger partial charge on any atom is -0.496 e. The first-order valence-electron chi connectivity index (χ1n) is 11.2. The summed E-state index contributed by atoms with van der Waals surface area (Å²) in [6.45, 7) is 5.41. The van der Waals surface area contributed by atoms with Crippen molar-refractivity contribution in [3.05, 3.63) is 46.3 Å². The molecular weight excluding hydrogens is 509 g/mol. The first-order valence-corrected chi connectivity index (χ1v) is 12.5. The Balaban J connectivity index is 1.70. The van der Waals surface area contributed by atoms with Crippen LogP contribution in [0, 0.1) is 5.82 Å². The number of ether oxygens (including phenoxy) is 2. The van der Waals surface area contributed by atoms with Gasteiger partial charge >= 0.3 is 6.09 Å². The molecule has 8 nitrogen and oxygen atoms in total. The fourth-order valence-corrected chi connectivity index (χ4v) is 5.21. The van der Waals surface area contributed by atoms with E-state index in [1.54, 1.807) is 26.8 Å². The van der Waals surface area contributed by atoms with Crippen molar-refractivity contribution in [3.8, 4) is 16.9 Å². The van der Waals surface area contributed by atoms with Gasteiger partial charge in [0.25, 0.3) is 5.91 Å². The Bertz CT molecular complexity index is 1350. The smallest absolute Gasteiger partial charge is 0.410 e. The number of likely N-dealkylation sites (tertiary alicyclic amines) is 1. The summed E-state index contributed by atoms with van der Waals surface area (Å²) >= 11 is 7.74. The van der Waals surface area contributed by atoms with Crippen LogP contribution in [-0.4, -0.2) is 59.5 Å². The highest BCUT2D eigenvalue weighted by atomic mass is 35.5. The third-order valence-corrected chi connectivity index (χ3v) is 6.81. The number of amides is 2. The van der Waals surface area contributed by atoms with Gasteiger partial charge in [-0.25, -0.2) is 14.2 Å². The van der Waals surface area contributed by atoms with Crippen molar-refractivity contribution in [3.63, 3.8) is 0 Å². The molecule has 0 aliphatic carbocycles. The van der Waals surface area contributed by atoms with E-state index in [1.807, 2.05) is 5.38 Å². The average Bonchev–Trinajstić information content (AvgIpc) is 3.30. The van der Waals surface area contributed by atoms with E-state index in [0.29, 0.717) is 21.2 Å². The Morgan fingerprint density at radius 1 is 1.28 bits per heavy atom. The number of halogens is 2. The van der Waals surface area contributed by atoms with E-state index in [0.717, 1.165) is 0 Å². The lowest BCUT2D eigenvalue weighted by Gasteiger charge is -2.33. The number of fused-ring (bicyclic) bond motifs is 1. The van der Waals surface area contributed by atoms with Crippen molar-refractivity contribution in [1.29, 1.82) is 0 Å². The van der Waals surface area contributed by atoms with Gasteiger partial charge in [-0.15, -0.1) is 11.3 Å². The van der Waals surface area contributed by atoms with E-state index in [-0.39, 0.29) is 41.9 Å². The maximum absolute atomic E-state index is 13.9. The first-order chi connectivity index (χ1) is 17.0. The second-order valence-corrected chi connectivity index (χ2v) is 10.6. The van der Waals surface area contributed by atoms with E-state index >= 15 is 0 Å². The summed E-state index contributed by atoms with van der Waals surface area (Å²) in [4.78, 5) is 44.4. The zero-order valence-corrected chi connectivity index (χ0v) is 21.8. The van der Waals surface area contributed by atoms with Gasteiger partial charge in [0.1, 0.15) is 34.1 Å². The number of carbonyl (C=O) groups excluding carboxylic acids is 3. The largest absolute Gasteiger partial charge is 0.496 e. The van der Waals surface area contributed by atoms with Crippen LogP contribution in [0.2, 0.25) is 5.15 Å². The molecule has 11 heteroatoms. The number of piperidine rings is 1. The van der Waals surface area contributed by atoms with Crippen LogP contribution in [0.25, 0.3) is 21.2 Å². The predicted octanol–water partition coefficient (Wildman–Crippen LogP) is 5.07. The molecule has 1 aromatic carbocycles. The van der Waals surface area contributed by atoms with Crippen molar-refractivity contribution < 1.29 is 28.2 Å². The third-order valence-electron chi connectivity index (χ3n) is 5.59. The van der Waals surface area contributed by atoms with E-state index in [1.165, 1.54) is 41.5 Å². The monoisotopic (exact) mass is 533 g/mol. The summed E-state index contributed by atoms with van der Waals surface area (Å²) in [5.74, 6) is -1.15. The lowest BCUT2D eigenvalue weighted by molar-refractivity contribution is -0.123. The van der Waals surface area contributed by atoms with Crippen molar-refractivity contribution in [2.24, 2.45) is 0 Å². The third kappa shape index (κ3) is 5.29. The molecule has 1 aliphatic rings. The lowest BCUT2D eigenvalue weighted by atomic mass is 9.99. The Morgan fingerprint density at radius 3 is 2.72 bits per heavy atom. The molecule has 0 spiro atoms. The number of ketones is 1. The molecule has 1 N–H and O–H groups in total. The van der Waals surface area contributed by atoms with Crippen molar-refractivity contribution in [2.75, 3.05) is 20.2 Å². The second kappa shape index (κ2) is 10.0. The Hall–Kier alpha value is -3.24. The Kier molecular flexibility index (Phi) is 7.19. The topological polar surface area (TPSA) is 97.8 Å². The minimum absolute atomic E-state index is 0.0380. The van der Waals surface area contributed by atoms with Gasteiger partial charge in [0, 0.05) is 40.2 Å². The van der Waals surface area contributed by atoms with Crippen molar-refractivity contribution in [1.82, 2.24) is 15.2 Å². The lowest BCUT2D eigenvalue weighted by Crippen LogP contribution is -2.55. The van der Waals surface area contributed by atoms with Crippen LogP contribution in [0.3, 0.4) is 0 Å². The Labute approximate surface area is 216 Å². The summed E-state index contributed by atoms with van der Waals surface area (Å²) in [7, 11) is 1.40. The average molecular weight is 534 g/mol. The summed E-state index contributed by atoms with van der Waals surface area (Å²) in [6.07, 6.45) is -0.492. The zero-order valence-electron chi connectivity index (χ0n) is 20.2. The van der Waals surface area contributed by atoms with Crippen LogP contribution < -0.4 is 10.1 Å². The maximum Gasteiger partial charge on any atom is 0.410 e. The summed E-state index contributed by atoms with van der Waals surface area (Å²) in [5.41, 5.74) is 0.121. The fraction of sp³-hybridized carbons (Fsp3) is 0.360. The number of benzene rings is 1. The van der Waals surface area contributed by atoms with Crippen LogP contribution in [-0.2, 0) is 9.53 Å². The molecule has 1 fully saturated rings. The van der Waals surface area contributed by atoms with Crippen LogP contribution in [0.15, 0.2) is 29.6 Å². The Morgan fingerprint density at radius 2 is 2.03 bits per heavy atom. The quantitative estimate of drug-likeness (QED) is 0.470. The van der Waals surface area contributed by atoms with Gasteiger partial charge in [0.05, 0.1) is 13.7 Å². The highest BCUT2D eigenvalue weighted by Crippen LogP contribution is 2.41. The summed E-state index contributed by atoms with van der Waals surface area (Å²) in [5, 5.41) is 5.26. The number of nitrogens with one attached hydrogen (secondary N) is 1. The second-order valence-electron chi connectivity index (χ2n) is 9.30. The van der Waals surface area contributed by atoms with Crippen LogP contribution in [0.5, 0.6) is 5.75 Å². The molecule has 4 rings (SSSR count). The van der Waals surface area contributed by atoms with Crippen LogP contribution >= 0.6 is 22.9 Å². The van der Waals surface area contributed by atoms with Gasteiger partial charge in [0.15, 0.2) is 5.78 Å². The molecule has 2 amide bonds. The summed E-state index contributed by atoms with van der Waals surface area (Å²) in [6, 6.07) is 4.80. The fourth-order valence-electron chi connectivity index (χ4n) is 3.95. The van der Waals surface area contributed by atoms with Gasteiger partial charge in [-0.2, -0.15) is 0 Å². The molecule has 3 heterocycles. The number of rotatable bonds is 4. The molecule has 0 unspecified atom stereocenters. The number of Topliss-reactive ketones (excluding diaryl/α,β-unsaturated/α-hetero) is 1. The number of hydrogen-bond acceptors (Lipinski definition) is 7. The zero-order chi connectivity index (χ0) is 26.2. The first kappa shape index (κ1) is 25.8. The van der Waals surface area contributed by atoms with Gasteiger partial charge in [-0.05, 0) is 44.4 Å². The molecule has 2 aromatic heterocycles. The normalized spacial score (nSPS) is 16.2. The number of thiophene rings is 1. The molecule has 0 bridgehead atoms. The van der Waals surface area contributed by atoms with Crippen LogP contribution in [0.4, 0.5) is 9.18 Å². The van der Waals surface area contributed by atoms with E-state index in [4.69, 9.17) is 21.1 Å². The van der Waals surface area contributed by atoms with Gasteiger partial charge in [-0.3, -0.25) is 9.59 Å². The van der Waals surface area contributed by atoms with Crippen molar-refractivity contribution >= 4 is 50.8 Å². The van der Waals surface area contributed by atoms with E-state index in [9.17, 15) is 18.8 Å². The number of methoxy groups -OCH3 is 1. The molecule has 0 saturated carbocycles. The summed E-state index contributed by atoms with van der Waals surface area (Å²) < 4.78 is 25.4. The van der Waals surface area contributed by atoms with Gasteiger partial charge < -0.3 is 19.7 Å². The minimum atomic E-state index is -0.957. The molecule has 0 radical (unpaired) electrons.